The van der Waals surface area contributed by atoms with E-state index in [0.717, 1.165) is 5.56 Å². The molecule has 7 heteroatoms. The van der Waals surface area contributed by atoms with Gasteiger partial charge in [-0.15, -0.1) is 0 Å². The van der Waals surface area contributed by atoms with Crippen LogP contribution in [0, 0.1) is 0 Å². The summed E-state index contributed by atoms with van der Waals surface area (Å²) in [6, 6.07) is 0. The number of nitrogens with zero attached hydrogens (tertiary/aromatic N) is 2. The van der Waals surface area contributed by atoms with Crippen molar-refractivity contribution in [3.8, 4) is 0 Å². The molecule has 0 aromatic carbocycles. The Kier molecular flexibility index (Phi) is 2.63. The van der Waals surface area contributed by atoms with Gasteiger partial charge in [0.1, 0.15) is 12.2 Å². The van der Waals surface area contributed by atoms with Gasteiger partial charge >= 0.3 is 5.97 Å². The number of carbonyl (C=O) groups is 1. The fraction of sp³-hybridized carbons (Fsp3) is 0.444. The molecular formula is C9H10N2O4S. The number of rotatable bonds is 2. The molecule has 1 aliphatic heterocycles. The molecule has 16 heavy (non-hydrogen) atoms. The highest BCUT2D eigenvalue weighted by molar-refractivity contribution is 7.90. The second-order valence-corrected chi connectivity index (χ2v) is 5.85. The number of carboxylic acids is 1. The quantitative estimate of drug-likeness (QED) is 0.756. The first-order valence-electron chi connectivity index (χ1n) is 4.72. The maximum atomic E-state index is 11.4. The molecule has 1 N–H and O–H groups in total. The Balaban J connectivity index is 2.34. The van der Waals surface area contributed by atoms with Gasteiger partial charge in [0.05, 0.1) is 17.2 Å². The SMILES string of the molecule is O=C(O)Cc1ncc2c(n1)CS(=O)(=O)CC2. The average molecular weight is 242 g/mol. The number of aliphatic carboxylic acids is 1. The van der Waals surface area contributed by atoms with Crippen LogP contribution in [0.4, 0.5) is 0 Å². The summed E-state index contributed by atoms with van der Waals surface area (Å²) in [6.07, 6.45) is 1.65. The van der Waals surface area contributed by atoms with Crippen LogP contribution in [0.15, 0.2) is 6.20 Å². The zero-order valence-electron chi connectivity index (χ0n) is 8.38. The van der Waals surface area contributed by atoms with Crippen LogP contribution in [0.1, 0.15) is 17.1 Å². The topological polar surface area (TPSA) is 97.2 Å². The number of fused-ring (bicyclic) bond motifs is 1. The van der Waals surface area contributed by atoms with Gasteiger partial charge in [-0.05, 0) is 12.0 Å². The van der Waals surface area contributed by atoms with E-state index in [1.165, 1.54) is 6.20 Å². The lowest BCUT2D eigenvalue weighted by Gasteiger charge is -2.14. The molecule has 0 radical (unpaired) electrons. The third-order valence-electron chi connectivity index (χ3n) is 2.35. The van der Waals surface area contributed by atoms with E-state index in [-0.39, 0.29) is 23.8 Å². The van der Waals surface area contributed by atoms with Crippen molar-refractivity contribution in [3.05, 3.63) is 23.3 Å². The van der Waals surface area contributed by atoms with Crippen LogP contribution in [0.2, 0.25) is 0 Å². The van der Waals surface area contributed by atoms with Crippen molar-refractivity contribution in [1.29, 1.82) is 0 Å². The van der Waals surface area contributed by atoms with Crippen LogP contribution in [-0.2, 0) is 33.2 Å². The van der Waals surface area contributed by atoms with E-state index >= 15 is 0 Å². The molecule has 6 nitrogen and oxygen atoms in total. The molecule has 2 rings (SSSR count). The summed E-state index contributed by atoms with van der Waals surface area (Å²) in [4.78, 5) is 18.3. The summed E-state index contributed by atoms with van der Waals surface area (Å²) in [5, 5.41) is 8.58. The van der Waals surface area contributed by atoms with Crippen LogP contribution >= 0.6 is 0 Å². The Hall–Kier alpha value is -1.50. The highest BCUT2D eigenvalue weighted by atomic mass is 32.2. The molecule has 0 spiro atoms. The molecule has 0 aliphatic carbocycles. The summed E-state index contributed by atoms with van der Waals surface area (Å²) in [7, 11) is -3.08. The molecule has 1 aromatic rings. The molecule has 0 unspecified atom stereocenters. The van der Waals surface area contributed by atoms with E-state index in [2.05, 4.69) is 9.97 Å². The molecule has 0 saturated heterocycles. The smallest absolute Gasteiger partial charge is 0.311 e. The van der Waals surface area contributed by atoms with E-state index < -0.39 is 15.8 Å². The standard InChI is InChI=1S/C9H10N2O4S/c12-9(13)3-8-10-4-6-1-2-16(14,15)5-7(6)11-8/h4H,1-3,5H2,(H,12,13). The maximum Gasteiger partial charge on any atom is 0.311 e. The number of sulfone groups is 1. The zero-order chi connectivity index (χ0) is 11.8. The molecule has 2 heterocycles. The van der Waals surface area contributed by atoms with Crippen LogP contribution in [-0.4, -0.2) is 35.2 Å². The maximum absolute atomic E-state index is 11.4. The van der Waals surface area contributed by atoms with Crippen LogP contribution < -0.4 is 0 Å². The third-order valence-corrected chi connectivity index (χ3v) is 3.89. The van der Waals surface area contributed by atoms with Crippen molar-refractivity contribution in [1.82, 2.24) is 9.97 Å². The molecular weight excluding hydrogens is 232 g/mol. The van der Waals surface area contributed by atoms with Crippen LogP contribution in [0.5, 0.6) is 0 Å². The van der Waals surface area contributed by atoms with Gasteiger partial charge in [-0.2, -0.15) is 0 Å². The predicted molar refractivity (Wildman–Crippen MR) is 54.6 cm³/mol. The van der Waals surface area contributed by atoms with E-state index in [0.29, 0.717) is 12.1 Å². The fourth-order valence-corrected chi connectivity index (χ4v) is 2.93. The molecule has 0 bridgehead atoms. The van der Waals surface area contributed by atoms with E-state index in [4.69, 9.17) is 5.11 Å². The molecule has 0 fully saturated rings. The number of hydrogen-bond acceptors (Lipinski definition) is 5. The minimum absolute atomic E-state index is 0.113. The van der Waals surface area contributed by atoms with Crippen molar-refractivity contribution in [2.45, 2.75) is 18.6 Å². The van der Waals surface area contributed by atoms with Gasteiger partial charge in [-0.3, -0.25) is 4.79 Å². The van der Waals surface area contributed by atoms with Crippen molar-refractivity contribution >= 4 is 15.8 Å². The van der Waals surface area contributed by atoms with Crippen molar-refractivity contribution in [3.63, 3.8) is 0 Å². The predicted octanol–water partition coefficient (Wildman–Crippen LogP) is -0.425. The first-order valence-corrected chi connectivity index (χ1v) is 6.54. The van der Waals surface area contributed by atoms with E-state index in [1.54, 1.807) is 0 Å². The summed E-state index contributed by atoms with van der Waals surface area (Å²) in [6.45, 7) is 0. The zero-order valence-corrected chi connectivity index (χ0v) is 9.20. The first kappa shape index (κ1) is 11.0. The lowest BCUT2D eigenvalue weighted by molar-refractivity contribution is -0.136. The number of aromatic nitrogens is 2. The Labute approximate surface area is 92.3 Å². The Morgan fingerprint density at radius 1 is 1.50 bits per heavy atom. The highest BCUT2D eigenvalue weighted by Gasteiger charge is 2.23. The Bertz CT molecular complexity index is 538. The van der Waals surface area contributed by atoms with Gasteiger partial charge in [0, 0.05) is 6.20 Å². The summed E-state index contributed by atoms with van der Waals surface area (Å²) < 4.78 is 22.7. The Morgan fingerprint density at radius 2 is 2.25 bits per heavy atom. The second-order valence-electron chi connectivity index (χ2n) is 3.67. The molecule has 0 amide bonds. The Morgan fingerprint density at radius 3 is 2.94 bits per heavy atom. The normalized spacial score (nSPS) is 17.8. The lowest BCUT2D eigenvalue weighted by atomic mass is 10.2. The van der Waals surface area contributed by atoms with Gasteiger partial charge in [-0.1, -0.05) is 0 Å². The number of hydrogen-bond donors (Lipinski definition) is 1. The van der Waals surface area contributed by atoms with Gasteiger partial charge in [0.2, 0.25) is 0 Å². The molecule has 86 valence electrons. The minimum atomic E-state index is -3.08. The van der Waals surface area contributed by atoms with Gasteiger partial charge in [0.15, 0.2) is 9.84 Å². The van der Waals surface area contributed by atoms with Gasteiger partial charge in [-0.25, -0.2) is 18.4 Å². The third kappa shape index (κ3) is 2.35. The van der Waals surface area contributed by atoms with E-state index in [9.17, 15) is 13.2 Å². The summed E-state index contributed by atoms with van der Waals surface area (Å²) in [5.74, 6) is -0.874. The van der Waals surface area contributed by atoms with Gasteiger partial charge in [0.25, 0.3) is 0 Å². The summed E-state index contributed by atoms with van der Waals surface area (Å²) >= 11 is 0. The first-order chi connectivity index (χ1) is 7.46. The molecule has 1 aliphatic rings. The molecule has 0 saturated carbocycles. The van der Waals surface area contributed by atoms with Crippen molar-refractivity contribution in [2.24, 2.45) is 0 Å². The van der Waals surface area contributed by atoms with Crippen LogP contribution in [0.25, 0.3) is 0 Å². The summed E-state index contributed by atoms with van der Waals surface area (Å²) in [5.41, 5.74) is 1.24. The lowest BCUT2D eigenvalue weighted by Crippen LogP contribution is -2.21. The molecule has 1 aromatic heterocycles. The van der Waals surface area contributed by atoms with Crippen molar-refractivity contribution in [2.75, 3.05) is 5.75 Å². The highest BCUT2D eigenvalue weighted by Crippen LogP contribution is 2.17. The van der Waals surface area contributed by atoms with Gasteiger partial charge < -0.3 is 5.11 Å². The fourth-order valence-electron chi connectivity index (χ4n) is 1.58. The molecule has 0 atom stereocenters. The number of carboxylic acid groups (broad SMARTS) is 1. The van der Waals surface area contributed by atoms with E-state index in [1.807, 2.05) is 0 Å². The second kappa shape index (κ2) is 3.82. The average Bonchev–Trinajstić information content (AvgIpc) is 2.14. The minimum Gasteiger partial charge on any atom is -0.481 e. The van der Waals surface area contributed by atoms with Crippen molar-refractivity contribution < 1.29 is 18.3 Å². The largest absolute Gasteiger partial charge is 0.481 e. The van der Waals surface area contributed by atoms with Crippen LogP contribution in [0.3, 0.4) is 0 Å². The monoisotopic (exact) mass is 242 g/mol. The number of aryl methyl sites for hydroxylation is 1.